The van der Waals surface area contributed by atoms with Crippen molar-refractivity contribution in [2.75, 3.05) is 13.2 Å². The third-order valence-corrected chi connectivity index (χ3v) is 4.14. The Bertz CT molecular complexity index is 735. The second kappa shape index (κ2) is 10.4. The smallest absolute Gasteiger partial charge is 0.247 e. The lowest BCUT2D eigenvalue weighted by atomic mass is 10.0. The number of amides is 2. The van der Waals surface area contributed by atoms with Crippen LogP contribution in [-0.2, 0) is 16.1 Å². The number of aliphatic hydroxyl groups is 1. The Labute approximate surface area is 158 Å². The number of hydrogen-bond acceptors (Lipinski definition) is 3. The third-order valence-electron chi connectivity index (χ3n) is 4.14. The Hall–Kier alpha value is -2.73. The van der Waals surface area contributed by atoms with E-state index in [2.05, 4.69) is 5.32 Å². The predicted octanol–water partition coefficient (Wildman–Crippen LogP) is 2.80. The van der Waals surface area contributed by atoms with E-state index in [1.54, 1.807) is 24.3 Å². The molecule has 2 aromatic rings. The minimum absolute atomic E-state index is 0.106. The van der Waals surface area contributed by atoms with Crippen LogP contribution in [0.2, 0.25) is 0 Å². The summed E-state index contributed by atoms with van der Waals surface area (Å²) in [5.41, 5.74) is 1.41. The van der Waals surface area contributed by atoms with Gasteiger partial charge in [0.05, 0.1) is 6.61 Å². The van der Waals surface area contributed by atoms with Crippen molar-refractivity contribution < 1.29 is 19.1 Å². The first-order valence-corrected chi connectivity index (χ1v) is 9.04. The number of rotatable bonds is 9. The molecule has 1 atom stereocenters. The predicted molar refractivity (Wildman–Crippen MR) is 101 cm³/mol. The third kappa shape index (κ3) is 5.89. The zero-order chi connectivity index (χ0) is 19.6. The average Bonchev–Trinajstić information content (AvgIpc) is 2.68. The maximum atomic E-state index is 13.2. The van der Waals surface area contributed by atoms with Gasteiger partial charge in [-0.05, 0) is 29.7 Å². The summed E-state index contributed by atoms with van der Waals surface area (Å²) in [6.45, 7) is 2.01. The van der Waals surface area contributed by atoms with Crippen LogP contribution in [0.15, 0.2) is 54.6 Å². The van der Waals surface area contributed by atoms with Gasteiger partial charge in [0.1, 0.15) is 11.9 Å². The van der Waals surface area contributed by atoms with Gasteiger partial charge in [-0.1, -0.05) is 49.4 Å². The minimum Gasteiger partial charge on any atom is -0.395 e. The first-order valence-electron chi connectivity index (χ1n) is 9.04. The van der Waals surface area contributed by atoms with Crippen LogP contribution >= 0.6 is 0 Å². The Morgan fingerprint density at radius 2 is 1.78 bits per heavy atom. The van der Waals surface area contributed by atoms with E-state index < -0.39 is 6.04 Å². The lowest BCUT2D eigenvalue weighted by Crippen LogP contribution is -2.44. The van der Waals surface area contributed by atoms with E-state index in [1.807, 2.05) is 25.1 Å². The van der Waals surface area contributed by atoms with E-state index in [4.69, 9.17) is 5.11 Å². The molecule has 2 amide bonds. The van der Waals surface area contributed by atoms with Crippen LogP contribution in [0.25, 0.3) is 0 Å². The fourth-order valence-electron chi connectivity index (χ4n) is 2.85. The molecule has 0 aromatic heterocycles. The van der Waals surface area contributed by atoms with Gasteiger partial charge < -0.3 is 15.3 Å². The molecule has 1 unspecified atom stereocenters. The largest absolute Gasteiger partial charge is 0.395 e. The number of carbonyl (C=O) groups excluding carboxylic acids is 2. The highest BCUT2D eigenvalue weighted by Gasteiger charge is 2.30. The SMILES string of the molecule is CCCC(=O)N(Cc1ccc(F)cc1)C(C(=O)NCCO)c1ccccc1. The Morgan fingerprint density at radius 3 is 2.37 bits per heavy atom. The zero-order valence-corrected chi connectivity index (χ0v) is 15.4. The number of carbonyl (C=O) groups is 2. The molecule has 144 valence electrons. The molecule has 0 saturated carbocycles. The van der Waals surface area contributed by atoms with Crippen LogP contribution in [0.5, 0.6) is 0 Å². The van der Waals surface area contributed by atoms with E-state index >= 15 is 0 Å². The summed E-state index contributed by atoms with van der Waals surface area (Å²) < 4.78 is 13.2. The lowest BCUT2D eigenvalue weighted by Gasteiger charge is -2.31. The molecule has 0 aliphatic rings. The van der Waals surface area contributed by atoms with Crippen molar-refractivity contribution in [1.82, 2.24) is 10.2 Å². The van der Waals surface area contributed by atoms with Gasteiger partial charge in [-0.3, -0.25) is 9.59 Å². The Morgan fingerprint density at radius 1 is 1.11 bits per heavy atom. The van der Waals surface area contributed by atoms with Crippen molar-refractivity contribution >= 4 is 11.8 Å². The van der Waals surface area contributed by atoms with Crippen molar-refractivity contribution in [2.24, 2.45) is 0 Å². The van der Waals surface area contributed by atoms with Gasteiger partial charge in [-0.15, -0.1) is 0 Å². The summed E-state index contributed by atoms with van der Waals surface area (Å²) >= 11 is 0. The molecule has 0 radical (unpaired) electrons. The molecule has 27 heavy (non-hydrogen) atoms. The van der Waals surface area contributed by atoms with Gasteiger partial charge in [0.25, 0.3) is 0 Å². The maximum Gasteiger partial charge on any atom is 0.247 e. The fraction of sp³-hybridized carbons (Fsp3) is 0.333. The number of hydrogen-bond donors (Lipinski definition) is 2. The molecule has 0 aliphatic heterocycles. The van der Waals surface area contributed by atoms with Gasteiger partial charge in [-0.25, -0.2) is 4.39 Å². The number of nitrogens with one attached hydrogen (secondary N) is 1. The molecule has 2 aromatic carbocycles. The molecule has 0 spiro atoms. The molecule has 2 rings (SSSR count). The molecule has 0 heterocycles. The van der Waals surface area contributed by atoms with Crippen LogP contribution < -0.4 is 5.32 Å². The fourth-order valence-corrected chi connectivity index (χ4v) is 2.85. The van der Waals surface area contributed by atoms with Crippen LogP contribution in [0, 0.1) is 5.82 Å². The van der Waals surface area contributed by atoms with Gasteiger partial charge >= 0.3 is 0 Å². The molecular weight excluding hydrogens is 347 g/mol. The summed E-state index contributed by atoms with van der Waals surface area (Å²) in [7, 11) is 0. The lowest BCUT2D eigenvalue weighted by molar-refractivity contribution is -0.141. The molecule has 6 heteroatoms. The van der Waals surface area contributed by atoms with Crippen molar-refractivity contribution in [3.8, 4) is 0 Å². The molecule has 5 nitrogen and oxygen atoms in total. The van der Waals surface area contributed by atoms with Gasteiger partial charge in [0.15, 0.2) is 0 Å². The quantitative estimate of drug-likeness (QED) is 0.711. The number of nitrogens with zero attached hydrogens (tertiary/aromatic N) is 1. The van der Waals surface area contributed by atoms with Crippen LogP contribution in [-0.4, -0.2) is 35.0 Å². The minimum atomic E-state index is -0.832. The summed E-state index contributed by atoms with van der Waals surface area (Å²) in [6.07, 6.45) is 0.955. The van der Waals surface area contributed by atoms with E-state index in [-0.39, 0.29) is 37.3 Å². The summed E-state index contributed by atoms with van der Waals surface area (Å²) in [5.74, 6) is -0.873. The van der Waals surface area contributed by atoms with E-state index in [9.17, 15) is 14.0 Å². The molecule has 0 saturated heterocycles. The second-order valence-electron chi connectivity index (χ2n) is 6.23. The van der Waals surface area contributed by atoms with Crippen LogP contribution in [0.3, 0.4) is 0 Å². The van der Waals surface area contributed by atoms with Crippen molar-refractivity contribution in [3.63, 3.8) is 0 Å². The number of aliphatic hydroxyl groups excluding tert-OH is 1. The number of halogens is 1. The summed E-state index contributed by atoms with van der Waals surface area (Å²) in [4.78, 5) is 27.2. The van der Waals surface area contributed by atoms with Gasteiger partial charge in [-0.2, -0.15) is 0 Å². The molecule has 2 N–H and O–H groups in total. The van der Waals surface area contributed by atoms with Crippen molar-refractivity contribution in [2.45, 2.75) is 32.4 Å². The highest BCUT2D eigenvalue weighted by molar-refractivity contribution is 5.88. The van der Waals surface area contributed by atoms with Crippen molar-refractivity contribution in [3.05, 3.63) is 71.5 Å². The van der Waals surface area contributed by atoms with Gasteiger partial charge in [0, 0.05) is 19.5 Å². The van der Waals surface area contributed by atoms with Crippen LogP contribution in [0.4, 0.5) is 4.39 Å². The number of benzene rings is 2. The zero-order valence-electron chi connectivity index (χ0n) is 15.4. The second-order valence-corrected chi connectivity index (χ2v) is 6.23. The summed E-state index contributed by atoms with van der Waals surface area (Å²) in [6, 6.07) is 14.1. The standard InChI is InChI=1S/C21H25FN2O3/c1-2-6-19(26)24(15-16-9-11-18(22)12-10-16)20(21(27)23-13-14-25)17-7-4-3-5-8-17/h3-5,7-12,20,25H,2,6,13-15H2,1H3,(H,23,27). The van der Waals surface area contributed by atoms with Crippen LogP contribution in [0.1, 0.15) is 36.9 Å². The topological polar surface area (TPSA) is 69.6 Å². The molecule has 0 fully saturated rings. The maximum absolute atomic E-state index is 13.2. The summed E-state index contributed by atoms with van der Waals surface area (Å²) in [5, 5.41) is 11.7. The monoisotopic (exact) mass is 372 g/mol. The first-order chi connectivity index (χ1) is 13.1. The average molecular weight is 372 g/mol. The Kier molecular flexibility index (Phi) is 7.95. The molecular formula is C21H25FN2O3. The van der Waals surface area contributed by atoms with Crippen molar-refractivity contribution in [1.29, 1.82) is 0 Å². The van der Waals surface area contributed by atoms with E-state index in [0.717, 1.165) is 5.56 Å². The van der Waals surface area contributed by atoms with E-state index in [1.165, 1.54) is 17.0 Å². The van der Waals surface area contributed by atoms with E-state index in [0.29, 0.717) is 18.4 Å². The van der Waals surface area contributed by atoms with Gasteiger partial charge in [0.2, 0.25) is 11.8 Å². The Balaban J connectivity index is 2.39. The highest BCUT2D eigenvalue weighted by Crippen LogP contribution is 2.25. The normalized spacial score (nSPS) is 11.7. The molecule has 0 aliphatic carbocycles. The molecule has 0 bridgehead atoms. The first kappa shape index (κ1) is 20.6. The highest BCUT2D eigenvalue weighted by atomic mass is 19.1.